The molecule has 0 aromatic heterocycles. The van der Waals surface area contributed by atoms with E-state index < -0.39 is 52.6 Å². The first kappa shape index (κ1) is 26.6. The molecular formula is C33H26ClFN2O5. The van der Waals surface area contributed by atoms with Crippen LogP contribution < -0.4 is 9.80 Å². The Kier molecular flexibility index (Phi) is 5.92. The number of aromatic hydroxyl groups is 1. The van der Waals surface area contributed by atoms with Gasteiger partial charge in [0.1, 0.15) is 11.6 Å². The second-order valence-corrected chi connectivity index (χ2v) is 12.1. The van der Waals surface area contributed by atoms with Crippen molar-refractivity contribution in [2.75, 3.05) is 9.80 Å². The number of imide groups is 2. The van der Waals surface area contributed by atoms with Gasteiger partial charge in [0.25, 0.3) is 0 Å². The summed E-state index contributed by atoms with van der Waals surface area (Å²) in [6.45, 7) is 1.72. The summed E-state index contributed by atoms with van der Waals surface area (Å²) in [7, 11) is 0. The number of hydrogen-bond donors (Lipinski definition) is 1. The Morgan fingerprint density at radius 2 is 1.57 bits per heavy atom. The number of phenols is 1. The number of nitrogens with zero attached hydrogens (tertiary/aromatic N) is 2. The molecule has 1 N–H and O–H groups in total. The molecule has 6 unspecified atom stereocenters. The average Bonchev–Trinajstić information content (AvgIpc) is 3.35. The first-order valence-electron chi connectivity index (χ1n) is 13.9. The summed E-state index contributed by atoms with van der Waals surface area (Å²) < 4.78 is 14.0. The van der Waals surface area contributed by atoms with Crippen LogP contribution in [-0.2, 0) is 19.2 Å². The van der Waals surface area contributed by atoms with Crippen LogP contribution >= 0.6 is 11.6 Å². The Hall–Kier alpha value is -4.30. The third-order valence-corrected chi connectivity index (χ3v) is 9.99. The van der Waals surface area contributed by atoms with Gasteiger partial charge in [0.05, 0.1) is 39.6 Å². The van der Waals surface area contributed by atoms with E-state index in [1.165, 1.54) is 23.1 Å². The number of amides is 4. The standard InChI is InChI=1S/C33H26ClFN2O5/c1-33-23(30(40)37(32(33)42)18-11-14-25(35)24(34)15-18)16-22-19(28(33)20-9-5-6-10-26(20)38)12-13-21-27(22)31(41)36(29(21)39)17-7-3-2-4-8-17/h2-12,14-15,21-23,27-28,38H,13,16H2,1H3. The van der Waals surface area contributed by atoms with Gasteiger partial charge in [-0.15, -0.1) is 0 Å². The zero-order chi connectivity index (χ0) is 29.5. The van der Waals surface area contributed by atoms with Gasteiger partial charge in [-0.3, -0.25) is 24.1 Å². The Morgan fingerprint density at radius 1 is 0.857 bits per heavy atom. The largest absolute Gasteiger partial charge is 0.508 e. The highest BCUT2D eigenvalue weighted by molar-refractivity contribution is 6.32. The summed E-state index contributed by atoms with van der Waals surface area (Å²) in [5, 5.41) is 10.8. The van der Waals surface area contributed by atoms with Gasteiger partial charge in [0, 0.05) is 11.5 Å². The van der Waals surface area contributed by atoms with E-state index in [1.54, 1.807) is 49.4 Å². The first-order valence-corrected chi connectivity index (χ1v) is 14.3. The van der Waals surface area contributed by atoms with Crippen molar-refractivity contribution < 1.29 is 28.7 Å². The van der Waals surface area contributed by atoms with Crippen LogP contribution in [0.2, 0.25) is 5.02 Å². The summed E-state index contributed by atoms with van der Waals surface area (Å²) in [5.41, 5.74) is 0.563. The van der Waals surface area contributed by atoms with Gasteiger partial charge in [0.2, 0.25) is 23.6 Å². The SMILES string of the molecule is CC12C(=O)N(c3ccc(F)c(Cl)c3)C(=O)C1CC1C(=CCC3C(=O)N(c4ccccc4)C(=O)C31)C2c1ccccc1O. The summed E-state index contributed by atoms with van der Waals surface area (Å²) in [6.07, 6.45) is 2.40. The molecule has 7 nitrogen and oxygen atoms in total. The van der Waals surface area contributed by atoms with Crippen LogP contribution in [0.3, 0.4) is 0 Å². The van der Waals surface area contributed by atoms with Gasteiger partial charge in [-0.1, -0.05) is 59.6 Å². The van der Waals surface area contributed by atoms with Gasteiger partial charge in [-0.25, -0.2) is 9.29 Å². The van der Waals surface area contributed by atoms with Crippen molar-refractivity contribution in [2.45, 2.75) is 25.7 Å². The molecule has 2 heterocycles. The monoisotopic (exact) mass is 584 g/mol. The minimum absolute atomic E-state index is 0.0330. The van der Waals surface area contributed by atoms with Gasteiger partial charge in [-0.2, -0.15) is 0 Å². The molecule has 42 heavy (non-hydrogen) atoms. The van der Waals surface area contributed by atoms with Gasteiger partial charge >= 0.3 is 0 Å². The molecule has 2 aliphatic carbocycles. The molecule has 212 valence electrons. The van der Waals surface area contributed by atoms with Crippen LogP contribution in [0.4, 0.5) is 15.8 Å². The number of halogens is 2. The lowest BCUT2D eigenvalue weighted by Crippen LogP contribution is -2.48. The maximum Gasteiger partial charge on any atom is 0.241 e. The molecule has 0 bridgehead atoms. The lowest BCUT2D eigenvalue weighted by Gasteiger charge is -2.49. The van der Waals surface area contributed by atoms with Crippen molar-refractivity contribution in [3.05, 3.63) is 101 Å². The lowest BCUT2D eigenvalue weighted by molar-refractivity contribution is -0.131. The molecule has 2 saturated heterocycles. The number of hydrogen-bond acceptors (Lipinski definition) is 5. The molecule has 6 atom stereocenters. The quantitative estimate of drug-likeness (QED) is 0.318. The van der Waals surface area contributed by atoms with E-state index in [-0.39, 0.29) is 34.7 Å². The molecule has 2 aliphatic heterocycles. The third-order valence-electron chi connectivity index (χ3n) is 9.70. The highest BCUT2D eigenvalue weighted by Crippen LogP contribution is 2.64. The number of rotatable bonds is 3. The highest BCUT2D eigenvalue weighted by Gasteiger charge is 2.68. The number of carbonyl (C=O) groups is 4. The molecule has 0 radical (unpaired) electrons. The van der Waals surface area contributed by atoms with Crippen LogP contribution in [0.15, 0.2) is 84.4 Å². The molecule has 3 aromatic rings. The van der Waals surface area contributed by atoms with Crippen LogP contribution in [-0.4, -0.2) is 28.7 Å². The van der Waals surface area contributed by atoms with Crippen molar-refractivity contribution >= 4 is 46.6 Å². The summed E-state index contributed by atoms with van der Waals surface area (Å²) >= 11 is 6.03. The lowest BCUT2D eigenvalue weighted by atomic mass is 9.51. The Bertz CT molecular complexity index is 1720. The number of phenolic OH excluding ortho intramolecular Hbond substituents is 1. The first-order chi connectivity index (χ1) is 20.1. The van der Waals surface area contributed by atoms with Gasteiger partial charge in [-0.05, 0) is 62.1 Å². The van der Waals surface area contributed by atoms with E-state index in [0.29, 0.717) is 17.7 Å². The van der Waals surface area contributed by atoms with Crippen LogP contribution in [0.25, 0.3) is 0 Å². The molecule has 3 aromatic carbocycles. The third kappa shape index (κ3) is 3.51. The molecule has 3 fully saturated rings. The molecule has 9 heteroatoms. The highest BCUT2D eigenvalue weighted by atomic mass is 35.5. The molecule has 0 spiro atoms. The topological polar surface area (TPSA) is 95.0 Å². The van der Waals surface area contributed by atoms with E-state index in [4.69, 9.17) is 11.6 Å². The fraction of sp³-hybridized carbons (Fsp3) is 0.273. The number of allylic oxidation sites excluding steroid dienone is 2. The Balaban J connectivity index is 1.38. The minimum atomic E-state index is -1.32. The van der Waals surface area contributed by atoms with Crippen LogP contribution in [0.5, 0.6) is 5.75 Å². The van der Waals surface area contributed by atoms with Gasteiger partial charge in [0.15, 0.2) is 0 Å². The summed E-state index contributed by atoms with van der Waals surface area (Å²) in [4.78, 5) is 58.4. The zero-order valence-electron chi connectivity index (χ0n) is 22.5. The molecule has 7 rings (SSSR count). The number of carbonyl (C=O) groups excluding carboxylic acids is 4. The maximum atomic E-state index is 14.3. The van der Waals surface area contributed by atoms with E-state index in [1.807, 2.05) is 12.1 Å². The molecule has 1 saturated carbocycles. The fourth-order valence-electron chi connectivity index (χ4n) is 7.79. The summed E-state index contributed by atoms with van der Waals surface area (Å²) in [6, 6.07) is 19.2. The predicted molar refractivity (Wildman–Crippen MR) is 153 cm³/mol. The second kappa shape index (κ2) is 9.36. The van der Waals surface area contributed by atoms with E-state index in [2.05, 4.69) is 0 Å². The molecule has 4 amide bonds. The van der Waals surface area contributed by atoms with E-state index >= 15 is 0 Å². The predicted octanol–water partition coefficient (Wildman–Crippen LogP) is 5.62. The van der Waals surface area contributed by atoms with Crippen molar-refractivity contribution in [3.63, 3.8) is 0 Å². The van der Waals surface area contributed by atoms with E-state index in [9.17, 15) is 28.7 Å². The van der Waals surface area contributed by atoms with Crippen LogP contribution in [0.1, 0.15) is 31.2 Å². The fourth-order valence-corrected chi connectivity index (χ4v) is 7.97. The van der Waals surface area contributed by atoms with Crippen molar-refractivity contribution in [3.8, 4) is 5.75 Å². The Morgan fingerprint density at radius 3 is 2.29 bits per heavy atom. The normalized spacial score (nSPS) is 30.3. The molecular weight excluding hydrogens is 559 g/mol. The van der Waals surface area contributed by atoms with Crippen LogP contribution in [0, 0.1) is 34.9 Å². The van der Waals surface area contributed by atoms with Gasteiger partial charge < -0.3 is 5.11 Å². The number of para-hydroxylation sites is 2. The number of anilines is 2. The zero-order valence-corrected chi connectivity index (χ0v) is 23.3. The summed E-state index contributed by atoms with van der Waals surface area (Å²) in [5.74, 6) is -5.72. The smallest absolute Gasteiger partial charge is 0.241 e. The number of benzene rings is 3. The van der Waals surface area contributed by atoms with Crippen molar-refractivity contribution in [1.82, 2.24) is 0 Å². The molecule has 4 aliphatic rings. The van der Waals surface area contributed by atoms with Crippen molar-refractivity contribution in [1.29, 1.82) is 0 Å². The average molecular weight is 585 g/mol. The maximum absolute atomic E-state index is 14.3. The van der Waals surface area contributed by atoms with Crippen molar-refractivity contribution in [2.24, 2.45) is 29.1 Å². The Labute approximate surface area is 246 Å². The second-order valence-electron chi connectivity index (χ2n) is 11.7. The van der Waals surface area contributed by atoms with E-state index in [0.717, 1.165) is 16.5 Å². The minimum Gasteiger partial charge on any atom is -0.508 e. The number of fused-ring (bicyclic) bond motifs is 4.